The van der Waals surface area contributed by atoms with E-state index in [0.717, 1.165) is 45.4 Å². The number of aromatic hydroxyl groups is 1. The number of phenols is 1. The van der Waals surface area contributed by atoms with Gasteiger partial charge in [0.1, 0.15) is 48.0 Å². The fraction of sp³-hybridized carbons (Fsp3) is 0.622. The van der Waals surface area contributed by atoms with Gasteiger partial charge < -0.3 is 80.2 Å². The lowest BCUT2D eigenvalue weighted by molar-refractivity contribution is -0.137. The highest BCUT2D eigenvalue weighted by Gasteiger charge is 2.36. The van der Waals surface area contributed by atoms with Crippen LogP contribution in [0.1, 0.15) is 109 Å². The number of amides is 11. The number of primary amides is 3. The van der Waals surface area contributed by atoms with Crippen LogP contribution >= 0.6 is 0 Å². The maximum Gasteiger partial charge on any atom is 0.245 e. The van der Waals surface area contributed by atoms with Gasteiger partial charge in [0.15, 0.2) is 0 Å². The van der Waals surface area contributed by atoms with Gasteiger partial charge in [0.05, 0.1) is 32.2 Å². The molecule has 0 saturated carbocycles. The van der Waals surface area contributed by atoms with E-state index in [4.69, 9.17) is 17.2 Å². The number of hydrogen-bond donors (Lipinski definition) is 15. The molecule has 1 unspecified atom stereocenters. The van der Waals surface area contributed by atoms with Crippen molar-refractivity contribution in [2.75, 3.05) is 13.2 Å². The van der Waals surface area contributed by atoms with Crippen molar-refractivity contribution in [3.63, 3.8) is 0 Å². The number of aliphatic hydroxyl groups excluding tert-OH is 3. The molecule has 9 atom stereocenters. The SMILES string of the molecule is CCCCCCCCCCC1CC(=O)N[C@H](CO)C(=O)N[C@@H](CCC(N)=O)C(=O)N[C@@H](CC(N)=O)C(=O)N[C@H](Cc2ccc(O)cc2)C(=O)N[C@@H](CC(N)=O)C(=O)N[C@H](CO)C(=O)N[C@@H]([C@@H](C)O)C(=O)N1. The van der Waals surface area contributed by atoms with Crippen LogP contribution in [0.5, 0.6) is 5.75 Å². The van der Waals surface area contributed by atoms with E-state index in [-0.39, 0.29) is 17.7 Å². The Balaban J connectivity index is 2.71. The number of carbonyl (C=O) groups excluding carboxylic acids is 11. The Labute approximate surface area is 410 Å². The summed E-state index contributed by atoms with van der Waals surface area (Å²) in [6.07, 6.45) is 1.97. The highest BCUT2D eigenvalue weighted by atomic mass is 16.3. The molecule has 0 aliphatic carbocycles. The lowest BCUT2D eigenvalue weighted by Crippen LogP contribution is -2.62. The monoisotopic (exact) mass is 1010 g/mol. The molecule has 1 saturated heterocycles. The molecule has 11 amide bonds. The molecule has 0 aromatic heterocycles. The second kappa shape index (κ2) is 31.3. The largest absolute Gasteiger partial charge is 0.508 e. The Morgan fingerprint density at radius 2 is 0.986 bits per heavy atom. The Kier molecular flexibility index (Phi) is 26.6. The first-order valence-electron chi connectivity index (χ1n) is 23.5. The maximum atomic E-state index is 14.0. The summed E-state index contributed by atoms with van der Waals surface area (Å²) in [5.41, 5.74) is 16.4. The third-order valence-corrected chi connectivity index (χ3v) is 11.3. The molecule has 26 heteroatoms. The van der Waals surface area contributed by atoms with Crippen molar-refractivity contribution in [2.45, 2.75) is 165 Å². The Bertz CT molecular complexity index is 2010. The summed E-state index contributed by atoms with van der Waals surface area (Å²) < 4.78 is 0. The third-order valence-electron chi connectivity index (χ3n) is 11.3. The molecule has 71 heavy (non-hydrogen) atoms. The van der Waals surface area contributed by atoms with Crippen LogP contribution in [0.25, 0.3) is 0 Å². The molecular weight excluding hydrogens is 935 g/mol. The minimum atomic E-state index is -1.91. The van der Waals surface area contributed by atoms with E-state index in [1.807, 2.05) is 0 Å². The van der Waals surface area contributed by atoms with Crippen LogP contribution in [0, 0.1) is 0 Å². The highest BCUT2D eigenvalue weighted by molar-refractivity contribution is 6.00. The van der Waals surface area contributed by atoms with Gasteiger partial charge in [-0.25, -0.2) is 0 Å². The van der Waals surface area contributed by atoms with Crippen molar-refractivity contribution < 1.29 is 73.2 Å². The summed E-state index contributed by atoms with van der Waals surface area (Å²) in [4.78, 5) is 146. The van der Waals surface area contributed by atoms with Crippen molar-refractivity contribution in [2.24, 2.45) is 17.2 Å². The predicted octanol–water partition coefficient (Wildman–Crippen LogP) is -4.87. The lowest BCUT2D eigenvalue weighted by atomic mass is 10.0. The molecule has 1 aromatic carbocycles. The van der Waals surface area contributed by atoms with Gasteiger partial charge in [-0.1, -0.05) is 70.4 Å². The molecule has 1 aliphatic rings. The minimum absolute atomic E-state index is 0.179. The van der Waals surface area contributed by atoms with Crippen LogP contribution in [-0.4, -0.2) is 153 Å². The van der Waals surface area contributed by atoms with Gasteiger partial charge in [0.25, 0.3) is 0 Å². The molecule has 18 N–H and O–H groups in total. The zero-order valence-corrected chi connectivity index (χ0v) is 40.0. The Morgan fingerprint density at radius 1 is 0.549 bits per heavy atom. The number of nitrogens with one attached hydrogen (secondary N) is 8. The van der Waals surface area contributed by atoms with Crippen LogP contribution in [-0.2, 0) is 59.2 Å². The number of aliphatic hydroxyl groups is 3. The van der Waals surface area contributed by atoms with Crippen LogP contribution < -0.4 is 59.7 Å². The van der Waals surface area contributed by atoms with E-state index in [1.54, 1.807) is 0 Å². The number of rotatable bonds is 21. The molecule has 26 nitrogen and oxygen atoms in total. The molecular formula is C45H71N11O15. The van der Waals surface area contributed by atoms with Crippen molar-refractivity contribution >= 4 is 65.0 Å². The van der Waals surface area contributed by atoms with E-state index >= 15 is 0 Å². The second-order valence-corrected chi connectivity index (χ2v) is 17.4. The molecule has 0 bridgehead atoms. The standard InChI is InChI=1S/C45H71N11O15/c1-3-4-5-6-7-8-9-10-11-26-19-37(64)50-32(22-57)43(69)51-28(16-17-34(46)61)39(65)53-30(20-35(47)62)41(67)52-29(18-25-12-14-27(60)15-13-25)40(66)54-31(21-36(48)63)42(68)55-33(23-58)44(70)56-38(24(2)59)45(71)49-26/h12-15,24,26,28-33,38,57-60H,3-11,16-23H2,1-2H3,(H2,46,61)(H2,47,62)(H2,48,63)(H,49,71)(H,50,64)(H,51,69)(H,52,67)(H,53,65)(H,54,66)(H,55,68)(H,56,70)/t24-,26?,28+,29-,30+,31+,32-,33-,38+/m1/s1. The number of unbranched alkanes of at least 4 members (excludes halogenated alkanes) is 7. The predicted molar refractivity (Wildman–Crippen MR) is 251 cm³/mol. The zero-order valence-electron chi connectivity index (χ0n) is 40.0. The second-order valence-electron chi connectivity index (χ2n) is 17.4. The number of hydrogen-bond acceptors (Lipinski definition) is 15. The Hall–Kier alpha value is -6.93. The summed E-state index contributed by atoms with van der Waals surface area (Å²) in [5, 5.41) is 59.4. The number of phenolic OH excluding ortho intramolecular Hbond substituents is 1. The summed E-state index contributed by atoms with van der Waals surface area (Å²) in [5.74, 6) is -12.6. The van der Waals surface area contributed by atoms with Crippen LogP contribution in [0.3, 0.4) is 0 Å². The molecule has 1 heterocycles. The quantitative estimate of drug-likeness (QED) is 0.0514. The highest BCUT2D eigenvalue weighted by Crippen LogP contribution is 2.15. The van der Waals surface area contributed by atoms with E-state index in [1.165, 1.54) is 24.3 Å². The van der Waals surface area contributed by atoms with E-state index < -0.39 is 171 Å². The van der Waals surface area contributed by atoms with Crippen molar-refractivity contribution in [1.29, 1.82) is 0 Å². The van der Waals surface area contributed by atoms with Gasteiger partial charge in [0.2, 0.25) is 65.0 Å². The molecule has 1 fully saturated rings. The van der Waals surface area contributed by atoms with Crippen LogP contribution in [0.15, 0.2) is 24.3 Å². The van der Waals surface area contributed by atoms with Crippen LogP contribution in [0.4, 0.5) is 0 Å². The minimum Gasteiger partial charge on any atom is -0.508 e. The fourth-order valence-corrected chi connectivity index (χ4v) is 7.38. The van der Waals surface area contributed by atoms with Crippen LogP contribution in [0.2, 0.25) is 0 Å². The fourth-order valence-electron chi connectivity index (χ4n) is 7.38. The molecule has 0 radical (unpaired) electrons. The topological polar surface area (TPSA) is 443 Å². The normalized spacial score (nSPS) is 24.2. The summed E-state index contributed by atoms with van der Waals surface area (Å²) in [6, 6.07) is -8.51. The molecule has 1 aliphatic heterocycles. The summed E-state index contributed by atoms with van der Waals surface area (Å²) in [6.45, 7) is 1.08. The van der Waals surface area contributed by atoms with Gasteiger partial charge in [-0.2, -0.15) is 0 Å². The summed E-state index contributed by atoms with van der Waals surface area (Å²) >= 11 is 0. The number of carbonyl (C=O) groups is 11. The van der Waals surface area contributed by atoms with Crippen molar-refractivity contribution in [1.82, 2.24) is 42.5 Å². The molecule has 1 aromatic rings. The molecule has 2 rings (SSSR count). The first-order valence-corrected chi connectivity index (χ1v) is 23.5. The van der Waals surface area contributed by atoms with Crippen molar-refractivity contribution in [3.8, 4) is 5.75 Å². The van der Waals surface area contributed by atoms with Crippen molar-refractivity contribution in [3.05, 3.63) is 29.8 Å². The molecule has 0 spiro atoms. The van der Waals surface area contributed by atoms with E-state index in [2.05, 4.69) is 49.5 Å². The lowest BCUT2D eigenvalue weighted by Gasteiger charge is -2.28. The van der Waals surface area contributed by atoms with Gasteiger partial charge >= 0.3 is 0 Å². The average Bonchev–Trinajstić information content (AvgIpc) is 3.29. The van der Waals surface area contributed by atoms with Gasteiger partial charge in [-0.15, -0.1) is 0 Å². The average molecular weight is 1010 g/mol. The smallest absolute Gasteiger partial charge is 0.245 e. The number of benzene rings is 1. The number of nitrogens with two attached hydrogens (primary N) is 3. The first-order chi connectivity index (χ1) is 33.6. The third kappa shape index (κ3) is 22.6. The van der Waals surface area contributed by atoms with E-state index in [0.29, 0.717) is 12.8 Å². The van der Waals surface area contributed by atoms with Gasteiger partial charge in [-0.05, 0) is 37.5 Å². The Morgan fingerprint density at radius 3 is 1.49 bits per heavy atom. The molecule has 396 valence electrons. The van der Waals surface area contributed by atoms with Gasteiger partial charge in [0, 0.05) is 25.3 Å². The maximum absolute atomic E-state index is 14.0. The van der Waals surface area contributed by atoms with E-state index in [9.17, 15) is 73.2 Å². The van der Waals surface area contributed by atoms with Gasteiger partial charge in [-0.3, -0.25) is 52.7 Å². The zero-order chi connectivity index (χ0) is 53.2. The summed E-state index contributed by atoms with van der Waals surface area (Å²) in [7, 11) is 0. The first kappa shape index (κ1) is 60.2.